The van der Waals surface area contributed by atoms with Crippen molar-refractivity contribution in [3.63, 3.8) is 0 Å². The summed E-state index contributed by atoms with van der Waals surface area (Å²) in [6, 6.07) is 9.42. The lowest BCUT2D eigenvalue weighted by atomic mass is 9.80. The van der Waals surface area contributed by atoms with E-state index in [4.69, 9.17) is 9.47 Å². The summed E-state index contributed by atoms with van der Waals surface area (Å²) in [5.74, 6) is -0.691. The highest BCUT2D eigenvalue weighted by Crippen LogP contribution is 2.52. The van der Waals surface area contributed by atoms with Gasteiger partial charge in [-0.2, -0.15) is 0 Å². The van der Waals surface area contributed by atoms with E-state index in [0.717, 1.165) is 5.56 Å². The molecule has 0 N–H and O–H groups in total. The second-order valence-electron chi connectivity index (χ2n) is 9.60. The van der Waals surface area contributed by atoms with Crippen LogP contribution in [0.1, 0.15) is 46.1 Å². The summed E-state index contributed by atoms with van der Waals surface area (Å²) >= 11 is 0. The van der Waals surface area contributed by atoms with E-state index in [1.54, 1.807) is 4.90 Å². The van der Waals surface area contributed by atoms with Gasteiger partial charge in [-0.15, -0.1) is 0 Å². The molecule has 1 saturated heterocycles. The van der Waals surface area contributed by atoms with E-state index in [2.05, 4.69) is 10.0 Å². The maximum absolute atomic E-state index is 13.3. The molecule has 1 saturated carbocycles. The Kier molecular flexibility index (Phi) is 7.14. The van der Waals surface area contributed by atoms with Gasteiger partial charge in [-0.3, -0.25) is 4.79 Å². The summed E-state index contributed by atoms with van der Waals surface area (Å²) in [5, 5.41) is 4.05. The molecule has 8 heteroatoms. The number of amides is 1. The first kappa shape index (κ1) is 23.7. The second-order valence-corrected chi connectivity index (χ2v) is 9.60. The van der Waals surface area contributed by atoms with E-state index in [0.29, 0.717) is 25.9 Å². The Morgan fingerprint density at radius 2 is 2.00 bits per heavy atom. The molecule has 1 aromatic carbocycles. The van der Waals surface area contributed by atoms with Gasteiger partial charge in [-0.25, -0.2) is 4.79 Å². The highest BCUT2D eigenvalue weighted by Gasteiger charge is 2.61. The number of carbonyl (C=O) groups excluding carboxylic acids is 2. The first-order chi connectivity index (χ1) is 15.2. The summed E-state index contributed by atoms with van der Waals surface area (Å²) in [6.45, 7) is 8.50. The molecule has 8 nitrogen and oxygen atoms in total. The van der Waals surface area contributed by atoms with Crippen molar-refractivity contribution >= 4 is 12.1 Å². The Balaban J connectivity index is 1.81. The first-order valence-electron chi connectivity index (χ1n) is 11.1. The molecule has 0 spiro atoms. The van der Waals surface area contributed by atoms with Gasteiger partial charge < -0.3 is 14.4 Å². The molecule has 172 valence electrons. The van der Waals surface area contributed by atoms with Crippen LogP contribution >= 0.6 is 0 Å². The number of ether oxygens (including phenoxy) is 2. The number of rotatable bonds is 6. The smallest absolute Gasteiger partial charge is 0.410 e. The van der Waals surface area contributed by atoms with Crippen molar-refractivity contribution in [2.45, 2.75) is 58.3 Å². The van der Waals surface area contributed by atoms with Gasteiger partial charge in [0.15, 0.2) is 0 Å². The minimum Gasteiger partial charge on any atom is -0.460 e. The van der Waals surface area contributed by atoms with Crippen LogP contribution < -0.4 is 0 Å². The van der Waals surface area contributed by atoms with E-state index in [1.165, 1.54) is 0 Å². The normalized spacial score (nSPS) is 27.1. The lowest BCUT2D eigenvalue weighted by molar-refractivity contribution is -0.153. The van der Waals surface area contributed by atoms with Gasteiger partial charge in [0.25, 0.3) is 0 Å². The number of esters is 1. The van der Waals surface area contributed by atoms with Gasteiger partial charge in [0.1, 0.15) is 17.7 Å². The Morgan fingerprint density at radius 1 is 1.28 bits per heavy atom. The van der Waals surface area contributed by atoms with Crippen molar-refractivity contribution in [1.82, 2.24) is 4.90 Å². The van der Waals surface area contributed by atoms with Gasteiger partial charge in [-0.05, 0) is 69.4 Å². The van der Waals surface area contributed by atoms with Crippen LogP contribution in [-0.2, 0) is 20.9 Å². The zero-order valence-electron chi connectivity index (χ0n) is 19.2. The standard InChI is InChI=1S/C24H32N4O4/c1-5-6-12-20-19-15-28(22(30)32-23(2,3)4)14-18(19)13-24(20,26-27-25)21(29)31-16-17-10-8-7-9-11-17/h5-11,18-20H,12-16H2,1-4H3/b6-5+/t18-,19+,20-,24-/m0/s1. The maximum Gasteiger partial charge on any atom is 0.410 e. The Hall–Kier alpha value is -2.99. The Bertz CT molecular complexity index is 904. The average molecular weight is 441 g/mol. The zero-order chi connectivity index (χ0) is 23.4. The number of hydrogen-bond donors (Lipinski definition) is 0. The number of hydrogen-bond acceptors (Lipinski definition) is 5. The fourth-order valence-electron chi connectivity index (χ4n) is 4.92. The fraction of sp³-hybridized carbons (Fsp3) is 0.583. The van der Waals surface area contributed by atoms with Crippen LogP contribution in [0.25, 0.3) is 10.4 Å². The summed E-state index contributed by atoms with van der Waals surface area (Å²) in [6.07, 6.45) is 4.48. The summed E-state index contributed by atoms with van der Waals surface area (Å²) < 4.78 is 11.2. The highest BCUT2D eigenvalue weighted by molar-refractivity contribution is 5.82. The molecule has 3 rings (SSSR count). The summed E-state index contributed by atoms with van der Waals surface area (Å²) in [4.78, 5) is 30.7. The van der Waals surface area contributed by atoms with E-state index in [-0.39, 0.29) is 30.5 Å². The largest absolute Gasteiger partial charge is 0.460 e. The van der Waals surface area contributed by atoms with Gasteiger partial charge in [0, 0.05) is 18.0 Å². The van der Waals surface area contributed by atoms with Gasteiger partial charge in [-0.1, -0.05) is 47.6 Å². The minimum atomic E-state index is -1.28. The van der Waals surface area contributed by atoms with Crippen molar-refractivity contribution in [3.05, 3.63) is 58.5 Å². The number of azide groups is 1. The average Bonchev–Trinajstić information content (AvgIpc) is 3.27. The molecule has 0 bridgehead atoms. The Morgan fingerprint density at radius 3 is 2.62 bits per heavy atom. The Labute approximate surface area is 189 Å². The molecule has 32 heavy (non-hydrogen) atoms. The summed E-state index contributed by atoms with van der Waals surface area (Å²) in [5.41, 5.74) is 8.37. The van der Waals surface area contributed by atoms with E-state index < -0.39 is 17.1 Å². The lowest BCUT2D eigenvalue weighted by Crippen LogP contribution is -2.45. The zero-order valence-corrected chi connectivity index (χ0v) is 19.2. The van der Waals surface area contributed by atoms with Crippen LogP contribution in [0.5, 0.6) is 0 Å². The number of carbonyl (C=O) groups is 2. The lowest BCUT2D eigenvalue weighted by Gasteiger charge is -2.32. The number of likely N-dealkylation sites (tertiary alicyclic amines) is 1. The van der Waals surface area contributed by atoms with Crippen molar-refractivity contribution in [2.75, 3.05) is 13.1 Å². The first-order valence-corrected chi connectivity index (χ1v) is 11.1. The molecule has 0 aromatic heterocycles. The molecule has 1 aromatic rings. The molecule has 4 atom stereocenters. The molecule has 1 amide bonds. The van der Waals surface area contributed by atoms with Crippen molar-refractivity contribution in [3.8, 4) is 0 Å². The SMILES string of the molecule is C/C=C/C[C@H]1[C@@H]2CN(C(=O)OC(C)(C)C)C[C@@H]2C[C@@]1(N=[N+]=[N-])C(=O)OCc1ccccc1. The quantitative estimate of drug-likeness (QED) is 0.198. The van der Waals surface area contributed by atoms with Crippen molar-refractivity contribution in [2.24, 2.45) is 22.9 Å². The van der Waals surface area contributed by atoms with Crippen LogP contribution in [0, 0.1) is 17.8 Å². The fourth-order valence-corrected chi connectivity index (χ4v) is 4.92. The molecule has 1 aliphatic carbocycles. The van der Waals surface area contributed by atoms with Crippen LogP contribution in [0.15, 0.2) is 47.6 Å². The van der Waals surface area contributed by atoms with E-state index in [1.807, 2.05) is 70.2 Å². The predicted octanol–water partition coefficient (Wildman–Crippen LogP) is 5.25. The van der Waals surface area contributed by atoms with Crippen molar-refractivity contribution < 1.29 is 19.1 Å². The molecule has 2 fully saturated rings. The van der Waals surface area contributed by atoms with Gasteiger partial charge in [0.2, 0.25) is 0 Å². The molecular weight excluding hydrogens is 408 g/mol. The number of nitrogens with zero attached hydrogens (tertiary/aromatic N) is 4. The molecule has 2 aliphatic rings. The van der Waals surface area contributed by atoms with E-state index in [9.17, 15) is 15.1 Å². The number of benzene rings is 1. The number of fused-ring (bicyclic) bond motifs is 1. The van der Waals surface area contributed by atoms with Crippen LogP contribution in [0.2, 0.25) is 0 Å². The number of allylic oxidation sites excluding steroid dienone is 2. The third-order valence-corrected chi connectivity index (χ3v) is 6.26. The highest BCUT2D eigenvalue weighted by atomic mass is 16.6. The van der Waals surface area contributed by atoms with Crippen molar-refractivity contribution in [1.29, 1.82) is 0 Å². The van der Waals surface area contributed by atoms with Crippen LogP contribution in [-0.4, -0.2) is 41.2 Å². The maximum atomic E-state index is 13.3. The molecule has 0 unspecified atom stereocenters. The topological polar surface area (TPSA) is 105 Å². The third kappa shape index (κ3) is 5.07. The van der Waals surface area contributed by atoms with Gasteiger partial charge >= 0.3 is 12.1 Å². The van der Waals surface area contributed by atoms with Gasteiger partial charge in [0.05, 0.1) is 0 Å². The predicted molar refractivity (Wildman–Crippen MR) is 120 cm³/mol. The summed E-state index contributed by atoms with van der Waals surface area (Å²) in [7, 11) is 0. The molecule has 1 heterocycles. The molecule has 0 radical (unpaired) electrons. The van der Waals surface area contributed by atoms with E-state index >= 15 is 0 Å². The second kappa shape index (κ2) is 9.65. The monoisotopic (exact) mass is 440 g/mol. The molecular formula is C24H32N4O4. The van der Waals surface area contributed by atoms with Crippen LogP contribution in [0.3, 0.4) is 0 Å². The third-order valence-electron chi connectivity index (χ3n) is 6.26. The van der Waals surface area contributed by atoms with Crippen LogP contribution in [0.4, 0.5) is 4.79 Å². The minimum absolute atomic E-state index is 0.0218. The molecule has 1 aliphatic heterocycles.